The van der Waals surface area contributed by atoms with Gasteiger partial charge in [-0.3, -0.25) is 19.4 Å². The molecule has 1 amide bonds. The summed E-state index contributed by atoms with van der Waals surface area (Å²) in [5.41, 5.74) is 1.37. The molecule has 1 saturated heterocycles. The van der Waals surface area contributed by atoms with Gasteiger partial charge >= 0.3 is 0 Å². The number of carbonyl (C=O) groups excluding carboxylic acids is 1. The van der Waals surface area contributed by atoms with Crippen LogP contribution in [0.5, 0.6) is 0 Å². The van der Waals surface area contributed by atoms with Crippen molar-refractivity contribution in [2.45, 2.75) is 26.4 Å². The summed E-state index contributed by atoms with van der Waals surface area (Å²) in [5, 5.41) is 2.92. The highest BCUT2D eigenvalue weighted by atomic mass is 32.1. The quantitative estimate of drug-likeness (QED) is 0.612. The van der Waals surface area contributed by atoms with Gasteiger partial charge in [0.15, 0.2) is 0 Å². The van der Waals surface area contributed by atoms with Crippen LogP contribution in [0.3, 0.4) is 0 Å². The predicted molar refractivity (Wildman–Crippen MR) is 121 cm³/mol. The number of halogens is 1. The number of fused-ring (bicyclic) bond motifs is 1. The normalized spacial score (nSPS) is 15.6. The lowest BCUT2D eigenvalue weighted by Crippen LogP contribution is -2.49. The third kappa shape index (κ3) is 5.36. The lowest BCUT2D eigenvalue weighted by molar-refractivity contribution is -0.123. The van der Waals surface area contributed by atoms with Gasteiger partial charge in [-0.25, -0.2) is 9.37 Å². The maximum Gasteiger partial charge on any atom is 0.268 e. The Balaban J connectivity index is 1.41. The van der Waals surface area contributed by atoms with Crippen molar-refractivity contribution in [3.63, 3.8) is 0 Å². The highest BCUT2D eigenvalue weighted by molar-refractivity contribution is 7.22. The Morgan fingerprint density at radius 3 is 2.55 bits per heavy atom. The van der Waals surface area contributed by atoms with E-state index in [0.29, 0.717) is 29.1 Å². The van der Waals surface area contributed by atoms with E-state index in [1.54, 1.807) is 12.1 Å². The molecular formula is C22H26FN5O2S. The van der Waals surface area contributed by atoms with Crippen LogP contribution in [-0.4, -0.2) is 64.4 Å². The zero-order valence-electron chi connectivity index (χ0n) is 17.7. The van der Waals surface area contributed by atoms with Gasteiger partial charge in [0, 0.05) is 37.1 Å². The second-order valence-corrected chi connectivity index (χ2v) is 9.17. The first-order chi connectivity index (χ1) is 14.9. The maximum absolute atomic E-state index is 13.2. The van der Waals surface area contributed by atoms with E-state index in [1.165, 1.54) is 23.5 Å². The molecule has 1 aromatic carbocycles. The minimum Gasteiger partial charge on any atom is -0.353 e. The third-order valence-electron chi connectivity index (χ3n) is 5.22. The molecule has 0 bridgehead atoms. The molecule has 3 heterocycles. The molecular weight excluding hydrogens is 417 g/mol. The van der Waals surface area contributed by atoms with Crippen LogP contribution in [0.25, 0.3) is 20.7 Å². The van der Waals surface area contributed by atoms with E-state index >= 15 is 0 Å². The number of rotatable bonds is 6. The van der Waals surface area contributed by atoms with Crippen LogP contribution in [0.15, 0.2) is 35.1 Å². The highest BCUT2D eigenvalue weighted by Gasteiger charge is 2.20. The second kappa shape index (κ2) is 9.25. The van der Waals surface area contributed by atoms with Gasteiger partial charge in [-0.05, 0) is 37.6 Å². The van der Waals surface area contributed by atoms with Crippen molar-refractivity contribution >= 4 is 27.5 Å². The van der Waals surface area contributed by atoms with E-state index in [-0.39, 0.29) is 23.3 Å². The van der Waals surface area contributed by atoms with E-state index in [1.807, 2.05) is 19.9 Å². The van der Waals surface area contributed by atoms with Gasteiger partial charge in [0.2, 0.25) is 5.91 Å². The number of amides is 1. The standard InChI is InChI=1S/C22H26FN5O2S/c1-14(2)24-20(29)13-28-9-7-27(8-10-28)12-19-25-17-11-18(31-21(17)22(30)26-19)15-3-5-16(23)6-4-15/h3-6,11,14H,7-10,12-13H2,1-2H3,(H,24,29)(H,25,26,30). The first-order valence-corrected chi connectivity index (χ1v) is 11.2. The van der Waals surface area contributed by atoms with E-state index in [4.69, 9.17) is 0 Å². The van der Waals surface area contributed by atoms with Crippen LogP contribution in [0.4, 0.5) is 4.39 Å². The van der Waals surface area contributed by atoms with Crippen LogP contribution in [0.1, 0.15) is 19.7 Å². The third-order valence-corrected chi connectivity index (χ3v) is 6.39. The fourth-order valence-corrected chi connectivity index (χ4v) is 4.70. The Labute approximate surface area is 183 Å². The zero-order chi connectivity index (χ0) is 22.0. The summed E-state index contributed by atoms with van der Waals surface area (Å²) >= 11 is 1.36. The number of hydrogen-bond acceptors (Lipinski definition) is 6. The summed E-state index contributed by atoms with van der Waals surface area (Å²) in [7, 11) is 0. The Morgan fingerprint density at radius 2 is 1.87 bits per heavy atom. The molecule has 1 fully saturated rings. The molecule has 9 heteroatoms. The molecule has 2 aromatic heterocycles. The number of aromatic nitrogens is 2. The largest absolute Gasteiger partial charge is 0.353 e. The van der Waals surface area contributed by atoms with Crippen molar-refractivity contribution < 1.29 is 9.18 Å². The molecule has 0 spiro atoms. The summed E-state index contributed by atoms with van der Waals surface area (Å²) in [5.74, 6) is 0.394. The fourth-order valence-electron chi connectivity index (χ4n) is 3.71. The smallest absolute Gasteiger partial charge is 0.268 e. The molecule has 0 saturated carbocycles. The van der Waals surface area contributed by atoms with Crippen molar-refractivity contribution in [1.82, 2.24) is 25.1 Å². The Morgan fingerprint density at radius 1 is 1.19 bits per heavy atom. The fraction of sp³-hybridized carbons (Fsp3) is 0.409. The molecule has 2 N–H and O–H groups in total. The minimum atomic E-state index is -0.288. The van der Waals surface area contributed by atoms with Crippen LogP contribution in [-0.2, 0) is 11.3 Å². The average molecular weight is 444 g/mol. The number of aromatic amines is 1. The molecule has 1 aliphatic rings. The molecule has 3 aromatic rings. The number of thiophene rings is 1. The summed E-state index contributed by atoms with van der Waals surface area (Å²) in [6.45, 7) is 8.08. The maximum atomic E-state index is 13.2. The highest BCUT2D eigenvalue weighted by Crippen LogP contribution is 2.30. The van der Waals surface area contributed by atoms with Crippen LogP contribution >= 0.6 is 11.3 Å². The monoisotopic (exact) mass is 443 g/mol. The average Bonchev–Trinajstić information content (AvgIpc) is 3.14. The van der Waals surface area contributed by atoms with Crippen molar-refractivity contribution in [2.75, 3.05) is 32.7 Å². The Hall–Kier alpha value is -2.62. The van der Waals surface area contributed by atoms with Gasteiger partial charge in [-0.1, -0.05) is 12.1 Å². The molecule has 4 rings (SSSR count). The molecule has 164 valence electrons. The molecule has 7 nitrogen and oxygen atoms in total. The topological polar surface area (TPSA) is 81.3 Å². The van der Waals surface area contributed by atoms with Crippen LogP contribution < -0.4 is 10.9 Å². The predicted octanol–water partition coefficient (Wildman–Crippen LogP) is 2.43. The van der Waals surface area contributed by atoms with E-state index in [0.717, 1.165) is 36.6 Å². The number of hydrogen-bond donors (Lipinski definition) is 2. The number of piperazine rings is 1. The lowest BCUT2D eigenvalue weighted by atomic mass is 10.2. The minimum absolute atomic E-state index is 0.0503. The van der Waals surface area contributed by atoms with Gasteiger partial charge < -0.3 is 10.3 Å². The Kier molecular flexibility index (Phi) is 6.45. The molecule has 31 heavy (non-hydrogen) atoms. The van der Waals surface area contributed by atoms with Crippen LogP contribution in [0.2, 0.25) is 0 Å². The van der Waals surface area contributed by atoms with E-state index in [2.05, 4.69) is 25.1 Å². The summed E-state index contributed by atoms with van der Waals surface area (Å²) in [6.07, 6.45) is 0. The SMILES string of the molecule is CC(C)NC(=O)CN1CCN(Cc2nc3cc(-c4ccc(F)cc4)sc3c(=O)[nH]2)CC1. The van der Waals surface area contributed by atoms with Gasteiger partial charge in [0.1, 0.15) is 16.3 Å². The van der Waals surface area contributed by atoms with Crippen molar-refractivity contribution in [3.8, 4) is 10.4 Å². The lowest BCUT2D eigenvalue weighted by Gasteiger charge is -2.34. The van der Waals surface area contributed by atoms with Gasteiger partial charge in [0.25, 0.3) is 5.56 Å². The zero-order valence-corrected chi connectivity index (χ0v) is 18.5. The molecule has 0 aliphatic carbocycles. The van der Waals surface area contributed by atoms with Gasteiger partial charge in [0.05, 0.1) is 18.6 Å². The number of H-pyrrole nitrogens is 1. The number of nitrogens with zero attached hydrogens (tertiary/aromatic N) is 3. The molecule has 1 aliphatic heterocycles. The van der Waals surface area contributed by atoms with Crippen molar-refractivity contribution in [2.24, 2.45) is 0 Å². The number of nitrogens with one attached hydrogen (secondary N) is 2. The van der Waals surface area contributed by atoms with Crippen molar-refractivity contribution in [3.05, 3.63) is 52.3 Å². The first-order valence-electron chi connectivity index (χ1n) is 10.4. The molecule has 0 radical (unpaired) electrons. The second-order valence-electron chi connectivity index (χ2n) is 8.12. The van der Waals surface area contributed by atoms with Crippen LogP contribution in [0, 0.1) is 5.82 Å². The molecule has 0 unspecified atom stereocenters. The first kappa shape index (κ1) is 21.6. The summed E-state index contributed by atoms with van der Waals surface area (Å²) in [6, 6.07) is 8.26. The molecule has 0 atom stereocenters. The van der Waals surface area contributed by atoms with Gasteiger partial charge in [-0.15, -0.1) is 11.3 Å². The number of carbonyl (C=O) groups is 1. The van der Waals surface area contributed by atoms with E-state index < -0.39 is 0 Å². The summed E-state index contributed by atoms with van der Waals surface area (Å²) in [4.78, 5) is 37.3. The summed E-state index contributed by atoms with van der Waals surface area (Å²) < 4.78 is 13.8. The number of benzene rings is 1. The van der Waals surface area contributed by atoms with E-state index in [9.17, 15) is 14.0 Å². The Bertz CT molecular complexity index is 1120. The van der Waals surface area contributed by atoms with Gasteiger partial charge in [-0.2, -0.15) is 0 Å². The van der Waals surface area contributed by atoms with Crippen molar-refractivity contribution in [1.29, 1.82) is 0 Å².